The van der Waals surface area contributed by atoms with Crippen LogP contribution in [0, 0.1) is 0 Å². The van der Waals surface area contributed by atoms with Gasteiger partial charge in [0.1, 0.15) is 11.5 Å². The predicted octanol–water partition coefficient (Wildman–Crippen LogP) is 2.61. The van der Waals surface area contributed by atoms with E-state index in [0.717, 1.165) is 0 Å². The minimum Gasteiger partial charge on any atom is -0.512 e. The van der Waals surface area contributed by atoms with Crippen LogP contribution in [0.4, 0.5) is 0 Å². The molecule has 0 saturated carbocycles. The van der Waals surface area contributed by atoms with E-state index in [9.17, 15) is 19.8 Å². The fourth-order valence-corrected chi connectivity index (χ4v) is 1.40. The van der Waals surface area contributed by atoms with Gasteiger partial charge in [-0.15, -0.1) is 0 Å². The molecular weight excluding hydrogens is 208 g/mol. The van der Waals surface area contributed by atoms with E-state index in [1.807, 2.05) is 0 Å². The van der Waals surface area contributed by atoms with Crippen LogP contribution < -0.4 is 0 Å². The number of aliphatic hydroxyl groups is 2. The third-order valence-corrected chi connectivity index (χ3v) is 2.20. The maximum atomic E-state index is 11.4. The van der Waals surface area contributed by atoms with Gasteiger partial charge in [-0.1, -0.05) is 13.8 Å². The lowest BCUT2D eigenvalue weighted by molar-refractivity contribution is -0.116. The molecule has 0 amide bonds. The Morgan fingerprint density at radius 2 is 1.06 bits per heavy atom. The third kappa shape index (κ3) is 3.22. The summed E-state index contributed by atoms with van der Waals surface area (Å²) in [5.74, 6) is -1.19. The molecule has 0 aliphatic carbocycles. The van der Waals surface area contributed by atoms with Gasteiger partial charge in [0.05, 0.1) is 11.1 Å². The maximum absolute atomic E-state index is 11.4. The molecule has 16 heavy (non-hydrogen) atoms. The van der Waals surface area contributed by atoms with Gasteiger partial charge in [0.25, 0.3) is 0 Å². The van der Waals surface area contributed by atoms with E-state index in [0.29, 0.717) is 0 Å². The Balaban J connectivity index is 5.87. The number of hydrogen-bond acceptors (Lipinski definition) is 4. The first-order valence-corrected chi connectivity index (χ1v) is 5.23. The number of ketones is 2. The van der Waals surface area contributed by atoms with Crippen molar-refractivity contribution in [3.63, 3.8) is 0 Å². The molecule has 0 aliphatic heterocycles. The summed E-state index contributed by atoms with van der Waals surface area (Å²) in [7, 11) is 0. The molecule has 0 fully saturated rings. The SMILES string of the molecule is CC/C(O)=C(C(C)=O)/C(C(C)=O)=C(\O)CC. The smallest absolute Gasteiger partial charge is 0.164 e. The molecule has 4 nitrogen and oxygen atoms in total. The molecule has 0 atom stereocenters. The van der Waals surface area contributed by atoms with Crippen LogP contribution in [0.3, 0.4) is 0 Å². The van der Waals surface area contributed by atoms with Crippen molar-refractivity contribution in [2.45, 2.75) is 40.5 Å². The highest BCUT2D eigenvalue weighted by atomic mass is 16.3. The molecule has 0 bridgehead atoms. The molecule has 0 rings (SSSR count). The van der Waals surface area contributed by atoms with Gasteiger partial charge >= 0.3 is 0 Å². The fourth-order valence-electron chi connectivity index (χ4n) is 1.40. The van der Waals surface area contributed by atoms with E-state index in [2.05, 4.69) is 0 Å². The number of carbonyl (C=O) groups excluding carboxylic acids is 2. The van der Waals surface area contributed by atoms with E-state index in [1.165, 1.54) is 13.8 Å². The Morgan fingerprint density at radius 3 is 1.19 bits per heavy atom. The normalized spacial score (nSPS) is 14.0. The summed E-state index contributed by atoms with van der Waals surface area (Å²) < 4.78 is 0. The Bertz CT molecular complexity index is 325. The number of allylic oxidation sites excluding steroid dienone is 4. The third-order valence-electron chi connectivity index (χ3n) is 2.20. The van der Waals surface area contributed by atoms with Gasteiger partial charge in [0.15, 0.2) is 11.6 Å². The Hall–Kier alpha value is -1.58. The van der Waals surface area contributed by atoms with E-state index in [4.69, 9.17) is 0 Å². The molecule has 0 unspecified atom stereocenters. The molecule has 0 heterocycles. The van der Waals surface area contributed by atoms with Gasteiger partial charge in [-0.2, -0.15) is 0 Å². The minimum atomic E-state index is -0.426. The quantitative estimate of drug-likeness (QED) is 0.429. The fraction of sp³-hybridized carbons (Fsp3) is 0.500. The molecule has 0 aromatic rings. The van der Waals surface area contributed by atoms with Crippen LogP contribution >= 0.6 is 0 Å². The van der Waals surface area contributed by atoms with Gasteiger partial charge in [0.2, 0.25) is 0 Å². The van der Waals surface area contributed by atoms with Crippen LogP contribution in [0.5, 0.6) is 0 Å². The molecule has 0 aromatic heterocycles. The first-order valence-electron chi connectivity index (χ1n) is 5.23. The van der Waals surface area contributed by atoms with Crippen LogP contribution in [-0.4, -0.2) is 21.8 Å². The second-order valence-corrected chi connectivity index (χ2v) is 3.46. The summed E-state index contributed by atoms with van der Waals surface area (Å²) in [5, 5.41) is 19.2. The highest BCUT2D eigenvalue weighted by Crippen LogP contribution is 2.21. The average molecular weight is 226 g/mol. The van der Waals surface area contributed by atoms with Crippen molar-refractivity contribution in [1.29, 1.82) is 0 Å². The van der Waals surface area contributed by atoms with Crippen LogP contribution in [0.2, 0.25) is 0 Å². The second-order valence-electron chi connectivity index (χ2n) is 3.46. The molecule has 0 radical (unpaired) electrons. The zero-order valence-electron chi connectivity index (χ0n) is 10.1. The van der Waals surface area contributed by atoms with Crippen molar-refractivity contribution in [2.75, 3.05) is 0 Å². The predicted molar refractivity (Wildman–Crippen MR) is 61.3 cm³/mol. The molecule has 0 aromatic carbocycles. The lowest BCUT2D eigenvalue weighted by Gasteiger charge is -2.11. The number of hydrogen-bond donors (Lipinski definition) is 2. The minimum absolute atomic E-state index is 0.0747. The van der Waals surface area contributed by atoms with Crippen LogP contribution in [0.15, 0.2) is 22.7 Å². The molecule has 2 N–H and O–H groups in total. The highest BCUT2D eigenvalue weighted by Gasteiger charge is 2.22. The summed E-state index contributed by atoms with van der Waals surface area (Å²) in [5.41, 5.74) is -0.149. The number of rotatable bonds is 5. The van der Waals surface area contributed by atoms with Crippen molar-refractivity contribution in [2.24, 2.45) is 0 Å². The standard InChI is InChI=1S/C12H18O4/c1-5-9(15)11(7(3)13)12(8(4)14)10(16)6-2/h15-16H,5-6H2,1-4H3/b11-9-,12-10-. The molecule has 0 spiro atoms. The molecule has 90 valence electrons. The van der Waals surface area contributed by atoms with Crippen molar-refractivity contribution >= 4 is 11.6 Å². The topological polar surface area (TPSA) is 74.6 Å². The molecule has 4 heteroatoms. The average Bonchev–Trinajstić information content (AvgIpc) is 2.22. The van der Waals surface area contributed by atoms with Gasteiger partial charge in [-0.05, 0) is 13.8 Å². The van der Waals surface area contributed by atoms with Crippen molar-refractivity contribution < 1.29 is 19.8 Å². The van der Waals surface area contributed by atoms with Crippen molar-refractivity contribution in [3.8, 4) is 0 Å². The summed E-state index contributed by atoms with van der Waals surface area (Å²) in [6, 6.07) is 0. The van der Waals surface area contributed by atoms with Crippen molar-refractivity contribution in [3.05, 3.63) is 22.7 Å². The van der Waals surface area contributed by atoms with Gasteiger partial charge in [0, 0.05) is 12.8 Å². The largest absolute Gasteiger partial charge is 0.512 e. The molecule has 0 saturated heterocycles. The van der Waals surface area contributed by atoms with Gasteiger partial charge in [-0.25, -0.2) is 0 Å². The zero-order valence-corrected chi connectivity index (χ0v) is 10.1. The highest BCUT2D eigenvalue weighted by molar-refractivity contribution is 6.11. The summed E-state index contributed by atoms with van der Waals surface area (Å²) in [6.45, 7) is 5.85. The lowest BCUT2D eigenvalue weighted by Crippen LogP contribution is -2.13. The molecule has 0 aliphatic rings. The monoisotopic (exact) mass is 226 g/mol. The van der Waals surface area contributed by atoms with E-state index >= 15 is 0 Å². The van der Waals surface area contributed by atoms with Crippen LogP contribution in [0.25, 0.3) is 0 Å². The first kappa shape index (κ1) is 14.4. The summed E-state index contributed by atoms with van der Waals surface area (Å²) in [6.07, 6.45) is 0.478. The second kappa shape index (κ2) is 6.10. The maximum Gasteiger partial charge on any atom is 0.164 e. The molecular formula is C12H18O4. The number of aliphatic hydroxyl groups excluding tert-OH is 2. The van der Waals surface area contributed by atoms with E-state index in [1.54, 1.807) is 13.8 Å². The van der Waals surface area contributed by atoms with E-state index in [-0.39, 0.29) is 35.5 Å². The number of carbonyl (C=O) groups is 2. The Kier molecular flexibility index (Phi) is 5.50. The first-order chi connectivity index (χ1) is 7.36. The van der Waals surface area contributed by atoms with Crippen molar-refractivity contribution in [1.82, 2.24) is 0 Å². The Labute approximate surface area is 95.3 Å². The van der Waals surface area contributed by atoms with E-state index < -0.39 is 11.6 Å². The van der Waals surface area contributed by atoms with Crippen LogP contribution in [0.1, 0.15) is 40.5 Å². The van der Waals surface area contributed by atoms with Gasteiger partial charge in [-0.3, -0.25) is 9.59 Å². The summed E-state index contributed by atoms with van der Waals surface area (Å²) >= 11 is 0. The Morgan fingerprint density at radius 1 is 0.812 bits per heavy atom. The zero-order chi connectivity index (χ0) is 12.9. The lowest BCUT2D eigenvalue weighted by atomic mass is 9.95. The summed E-state index contributed by atoms with van der Waals surface area (Å²) in [4.78, 5) is 22.8. The number of Topliss-reactive ketones (excluding diaryl/α,β-unsaturated/α-hetero) is 2. The van der Waals surface area contributed by atoms with Crippen LogP contribution in [-0.2, 0) is 9.59 Å². The van der Waals surface area contributed by atoms with Gasteiger partial charge < -0.3 is 10.2 Å².